The van der Waals surface area contributed by atoms with E-state index in [1.807, 2.05) is 18.2 Å². The van der Waals surface area contributed by atoms with E-state index in [2.05, 4.69) is 20.5 Å². The van der Waals surface area contributed by atoms with Gasteiger partial charge in [0, 0.05) is 57.1 Å². The summed E-state index contributed by atoms with van der Waals surface area (Å²) in [5.41, 5.74) is 0.303. The highest BCUT2D eigenvalue weighted by Gasteiger charge is 2.21. The number of nitrogens with one attached hydrogen (secondary N) is 2. The molecule has 9 heteroatoms. The predicted molar refractivity (Wildman–Crippen MR) is 108 cm³/mol. The molecule has 0 spiro atoms. The molecule has 3 amide bonds. The maximum Gasteiger partial charge on any atom is 0.319 e. The second-order valence-electron chi connectivity index (χ2n) is 6.54. The molecule has 2 heterocycles. The van der Waals surface area contributed by atoms with Crippen LogP contribution in [0.1, 0.15) is 6.42 Å². The molecule has 3 rings (SSSR count). The molecule has 0 saturated carbocycles. The summed E-state index contributed by atoms with van der Waals surface area (Å²) in [7, 11) is 1.37. The summed E-state index contributed by atoms with van der Waals surface area (Å²) >= 11 is 0. The Hall–Kier alpha value is -3.36. The van der Waals surface area contributed by atoms with Gasteiger partial charge in [0.1, 0.15) is 5.82 Å². The van der Waals surface area contributed by atoms with Gasteiger partial charge in [0.2, 0.25) is 5.91 Å². The summed E-state index contributed by atoms with van der Waals surface area (Å²) in [4.78, 5) is 32.5. The van der Waals surface area contributed by atoms with E-state index in [1.54, 1.807) is 11.1 Å². The lowest BCUT2D eigenvalue weighted by Gasteiger charge is -2.35. The van der Waals surface area contributed by atoms with Crippen LogP contribution in [-0.4, -0.2) is 61.7 Å². The quantitative estimate of drug-likeness (QED) is 0.774. The number of benzene rings is 1. The van der Waals surface area contributed by atoms with Crippen molar-refractivity contribution in [3.63, 3.8) is 0 Å². The van der Waals surface area contributed by atoms with Gasteiger partial charge in [-0.25, -0.2) is 14.2 Å². The van der Waals surface area contributed by atoms with Crippen molar-refractivity contribution in [2.75, 3.05) is 50.1 Å². The van der Waals surface area contributed by atoms with Gasteiger partial charge < -0.3 is 25.2 Å². The van der Waals surface area contributed by atoms with E-state index in [0.717, 1.165) is 18.9 Å². The van der Waals surface area contributed by atoms with E-state index < -0.39 is 11.8 Å². The van der Waals surface area contributed by atoms with Crippen molar-refractivity contribution in [3.05, 3.63) is 48.4 Å². The molecule has 0 bridgehead atoms. The van der Waals surface area contributed by atoms with Gasteiger partial charge in [-0.3, -0.25) is 4.79 Å². The zero-order chi connectivity index (χ0) is 20.6. The van der Waals surface area contributed by atoms with Crippen LogP contribution in [0.25, 0.3) is 0 Å². The summed E-state index contributed by atoms with van der Waals surface area (Å²) in [6.45, 7) is 2.88. The Morgan fingerprint density at radius 3 is 2.62 bits per heavy atom. The summed E-state index contributed by atoms with van der Waals surface area (Å²) < 4.78 is 18.5. The third-order valence-electron chi connectivity index (χ3n) is 4.64. The third kappa shape index (κ3) is 5.56. The largest absolute Gasteiger partial charge is 0.494 e. The summed E-state index contributed by atoms with van der Waals surface area (Å²) in [5, 5.41) is 5.14. The van der Waals surface area contributed by atoms with Crippen molar-refractivity contribution in [2.24, 2.45) is 0 Å². The first-order valence-corrected chi connectivity index (χ1v) is 9.39. The molecule has 0 unspecified atom stereocenters. The lowest BCUT2D eigenvalue weighted by atomic mass is 10.2. The van der Waals surface area contributed by atoms with Crippen LogP contribution in [0.4, 0.5) is 20.7 Å². The number of pyridine rings is 1. The number of halogens is 1. The Balaban J connectivity index is 1.37. The van der Waals surface area contributed by atoms with Gasteiger partial charge in [0.25, 0.3) is 0 Å². The minimum atomic E-state index is -0.565. The van der Waals surface area contributed by atoms with Gasteiger partial charge in [0.05, 0.1) is 7.11 Å². The van der Waals surface area contributed by atoms with Crippen LogP contribution >= 0.6 is 0 Å². The molecule has 1 saturated heterocycles. The molecule has 0 atom stereocenters. The lowest BCUT2D eigenvalue weighted by Crippen LogP contribution is -2.49. The maximum absolute atomic E-state index is 13.6. The number of carbonyl (C=O) groups is 2. The fourth-order valence-corrected chi connectivity index (χ4v) is 3.09. The van der Waals surface area contributed by atoms with Gasteiger partial charge in [-0.15, -0.1) is 0 Å². The molecule has 2 N–H and O–H groups in total. The molecule has 154 valence electrons. The molecule has 0 radical (unpaired) electrons. The van der Waals surface area contributed by atoms with Crippen molar-refractivity contribution in [2.45, 2.75) is 6.42 Å². The van der Waals surface area contributed by atoms with Crippen molar-refractivity contribution in [3.8, 4) is 5.75 Å². The van der Waals surface area contributed by atoms with Crippen LogP contribution in [0.2, 0.25) is 0 Å². The number of ether oxygens (including phenoxy) is 1. The number of aromatic nitrogens is 1. The summed E-state index contributed by atoms with van der Waals surface area (Å²) in [6, 6.07) is 9.41. The van der Waals surface area contributed by atoms with Crippen LogP contribution in [0.15, 0.2) is 42.6 Å². The maximum atomic E-state index is 13.6. The number of carbonyl (C=O) groups excluding carboxylic acids is 2. The van der Waals surface area contributed by atoms with Gasteiger partial charge in [-0.1, -0.05) is 6.07 Å². The van der Waals surface area contributed by atoms with Gasteiger partial charge in [-0.05, 0) is 24.3 Å². The predicted octanol–water partition coefficient (Wildman–Crippen LogP) is 2.09. The molecular formula is C20H24FN5O3. The van der Waals surface area contributed by atoms with Crippen LogP contribution in [0.3, 0.4) is 0 Å². The summed E-state index contributed by atoms with van der Waals surface area (Å²) in [6.07, 6.45) is 1.96. The molecule has 1 aromatic heterocycles. The fourth-order valence-electron chi connectivity index (χ4n) is 3.09. The first kappa shape index (κ1) is 20.4. The number of hydrogen-bond donors (Lipinski definition) is 2. The zero-order valence-corrected chi connectivity index (χ0v) is 16.2. The fraction of sp³-hybridized carbons (Fsp3) is 0.350. The third-order valence-corrected chi connectivity index (χ3v) is 4.64. The van der Waals surface area contributed by atoms with Crippen LogP contribution < -0.4 is 20.3 Å². The molecule has 1 fully saturated rings. The minimum absolute atomic E-state index is 0.0125. The Bertz CT molecular complexity index is 841. The first-order valence-electron chi connectivity index (χ1n) is 9.39. The van der Waals surface area contributed by atoms with E-state index in [4.69, 9.17) is 4.74 Å². The summed E-state index contributed by atoms with van der Waals surface area (Å²) in [5.74, 6) is 0.435. The Kier molecular flexibility index (Phi) is 6.83. The molecule has 0 aliphatic carbocycles. The highest BCUT2D eigenvalue weighted by Crippen LogP contribution is 2.20. The van der Waals surface area contributed by atoms with E-state index >= 15 is 0 Å². The second-order valence-corrected chi connectivity index (χ2v) is 6.54. The number of piperazine rings is 1. The molecule has 29 heavy (non-hydrogen) atoms. The lowest BCUT2D eigenvalue weighted by molar-refractivity contribution is -0.131. The molecular weight excluding hydrogens is 377 g/mol. The molecule has 8 nitrogen and oxygen atoms in total. The topological polar surface area (TPSA) is 86.8 Å². The zero-order valence-electron chi connectivity index (χ0n) is 16.2. The van der Waals surface area contributed by atoms with Crippen molar-refractivity contribution in [1.82, 2.24) is 15.2 Å². The van der Waals surface area contributed by atoms with Gasteiger partial charge in [-0.2, -0.15) is 0 Å². The number of rotatable bonds is 6. The highest BCUT2D eigenvalue weighted by atomic mass is 19.1. The van der Waals surface area contributed by atoms with Gasteiger partial charge >= 0.3 is 6.03 Å². The molecule has 1 aliphatic heterocycles. The Morgan fingerprint density at radius 1 is 1.17 bits per heavy atom. The SMILES string of the molecule is COc1ccc(NC(=O)NCCC(=O)N2CCN(c3ccccn3)CC2)cc1F. The number of amides is 3. The smallest absolute Gasteiger partial charge is 0.319 e. The van der Waals surface area contributed by atoms with E-state index in [1.165, 1.54) is 25.3 Å². The van der Waals surface area contributed by atoms with Gasteiger partial charge in [0.15, 0.2) is 11.6 Å². The van der Waals surface area contributed by atoms with E-state index in [0.29, 0.717) is 18.8 Å². The minimum Gasteiger partial charge on any atom is -0.494 e. The molecule has 1 aromatic carbocycles. The molecule has 2 aromatic rings. The standard InChI is InChI=1S/C20H24FN5O3/c1-29-17-6-5-15(14-16(17)21)24-20(28)23-9-7-19(27)26-12-10-25(11-13-26)18-4-2-3-8-22-18/h2-6,8,14H,7,9-13H2,1H3,(H2,23,24,28). The Labute approximate surface area is 168 Å². The number of nitrogens with zero attached hydrogens (tertiary/aromatic N) is 3. The van der Waals surface area contributed by atoms with Crippen LogP contribution in [0, 0.1) is 5.82 Å². The average molecular weight is 401 g/mol. The number of hydrogen-bond acceptors (Lipinski definition) is 5. The monoisotopic (exact) mass is 401 g/mol. The van der Waals surface area contributed by atoms with Crippen molar-refractivity contribution in [1.29, 1.82) is 0 Å². The Morgan fingerprint density at radius 2 is 1.97 bits per heavy atom. The highest BCUT2D eigenvalue weighted by molar-refractivity contribution is 5.89. The van der Waals surface area contributed by atoms with E-state index in [9.17, 15) is 14.0 Å². The van der Waals surface area contributed by atoms with Crippen molar-refractivity contribution >= 4 is 23.4 Å². The number of urea groups is 1. The van der Waals surface area contributed by atoms with Crippen LogP contribution in [0.5, 0.6) is 5.75 Å². The van der Waals surface area contributed by atoms with E-state index in [-0.39, 0.29) is 24.6 Å². The van der Waals surface area contributed by atoms with Crippen LogP contribution in [-0.2, 0) is 4.79 Å². The molecule has 1 aliphatic rings. The number of anilines is 2. The normalized spacial score (nSPS) is 13.7. The first-order chi connectivity index (χ1) is 14.1. The van der Waals surface area contributed by atoms with Crippen molar-refractivity contribution < 1.29 is 18.7 Å². The second kappa shape index (κ2) is 9.72. The average Bonchev–Trinajstić information content (AvgIpc) is 2.74. The number of methoxy groups -OCH3 is 1.